The van der Waals surface area contributed by atoms with Gasteiger partial charge in [-0.15, -0.1) is 4.40 Å². The van der Waals surface area contributed by atoms with Gasteiger partial charge < -0.3 is 5.11 Å². The normalized spacial score (nSPS) is 22.5. The third-order valence-corrected chi connectivity index (χ3v) is 5.77. The van der Waals surface area contributed by atoms with Gasteiger partial charge in [0.15, 0.2) is 0 Å². The second-order valence-electron chi connectivity index (χ2n) is 6.42. The molecule has 142 valence electrons. The Morgan fingerprint density at radius 2 is 1.75 bits per heavy atom. The summed E-state index contributed by atoms with van der Waals surface area (Å²) in [6.45, 7) is 1.84. The van der Waals surface area contributed by atoms with Crippen LogP contribution in [0.4, 0.5) is 4.39 Å². The number of rotatable bonds is 3. The largest absolute Gasteiger partial charge is 0.360 e. The van der Waals surface area contributed by atoms with Crippen molar-refractivity contribution >= 4 is 21.7 Å². The monoisotopic (exact) mass is 397 g/mol. The van der Waals surface area contributed by atoms with Crippen molar-refractivity contribution < 1.29 is 17.9 Å². The van der Waals surface area contributed by atoms with Gasteiger partial charge in [-0.3, -0.25) is 4.90 Å². The first-order valence-corrected chi connectivity index (χ1v) is 9.88. The molecule has 0 saturated carbocycles. The van der Waals surface area contributed by atoms with Crippen LogP contribution in [-0.2, 0) is 15.7 Å². The van der Waals surface area contributed by atoms with Gasteiger partial charge in [-0.2, -0.15) is 8.42 Å². The van der Waals surface area contributed by atoms with Crippen molar-refractivity contribution in [2.24, 2.45) is 9.39 Å². The molecule has 4 rings (SSSR count). The smallest absolute Gasteiger partial charge is 0.284 e. The Labute approximate surface area is 161 Å². The predicted molar refractivity (Wildman–Crippen MR) is 104 cm³/mol. The van der Waals surface area contributed by atoms with Crippen molar-refractivity contribution in [2.45, 2.75) is 17.5 Å². The van der Waals surface area contributed by atoms with Gasteiger partial charge >= 0.3 is 0 Å². The first kappa shape index (κ1) is 18.3. The number of hydrogen-bond donors (Lipinski definition) is 1. The molecule has 1 unspecified atom stereocenters. The standard InChI is InChI=1S/C20H16FN3O3S/c1-14-5-11-17(12-6-14)28(26,27)23-19-20(25,15-7-9-16(21)10-8-15)24-13-3-2-4-18(24)22-19/h2-13,25H,1H3. The number of fused-ring (bicyclic) bond motifs is 1. The van der Waals surface area contributed by atoms with Gasteiger partial charge in [0.25, 0.3) is 10.0 Å². The molecule has 2 aromatic carbocycles. The van der Waals surface area contributed by atoms with Gasteiger partial charge in [-0.25, -0.2) is 9.38 Å². The Morgan fingerprint density at radius 1 is 1.07 bits per heavy atom. The Balaban J connectivity index is 1.87. The minimum Gasteiger partial charge on any atom is -0.360 e. The lowest BCUT2D eigenvalue weighted by Crippen LogP contribution is -2.46. The van der Waals surface area contributed by atoms with E-state index >= 15 is 0 Å². The first-order chi connectivity index (χ1) is 13.3. The molecule has 2 aliphatic heterocycles. The maximum Gasteiger partial charge on any atom is 0.284 e. The van der Waals surface area contributed by atoms with Crippen LogP contribution in [0.15, 0.2) is 87.2 Å². The number of sulfonamides is 1. The molecular weight excluding hydrogens is 381 g/mol. The van der Waals surface area contributed by atoms with E-state index in [1.165, 1.54) is 41.3 Å². The van der Waals surface area contributed by atoms with Crippen molar-refractivity contribution in [3.8, 4) is 0 Å². The van der Waals surface area contributed by atoms with Crippen LogP contribution in [0.1, 0.15) is 11.1 Å². The lowest BCUT2D eigenvalue weighted by atomic mass is 10.0. The summed E-state index contributed by atoms with van der Waals surface area (Å²) in [6.07, 6.45) is 6.56. The number of aliphatic hydroxyl groups is 1. The average Bonchev–Trinajstić information content (AvgIpc) is 2.95. The zero-order valence-electron chi connectivity index (χ0n) is 14.8. The predicted octanol–water partition coefficient (Wildman–Crippen LogP) is 2.86. The molecule has 2 aromatic rings. The number of nitrogens with zero attached hydrogens (tertiary/aromatic N) is 3. The summed E-state index contributed by atoms with van der Waals surface area (Å²) in [7, 11) is -4.12. The fourth-order valence-corrected chi connectivity index (χ4v) is 3.99. The zero-order valence-corrected chi connectivity index (χ0v) is 15.6. The van der Waals surface area contributed by atoms with Gasteiger partial charge in [-0.05, 0) is 43.3 Å². The Morgan fingerprint density at radius 3 is 2.43 bits per heavy atom. The van der Waals surface area contributed by atoms with Crippen LogP contribution in [-0.4, -0.2) is 30.1 Å². The fraction of sp³-hybridized carbons (Fsp3) is 0.100. The Hall–Kier alpha value is -3.10. The van der Waals surface area contributed by atoms with Crippen LogP contribution in [0.5, 0.6) is 0 Å². The third-order valence-electron chi connectivity index (χ3n) is 4.49. The molecule has 0 fully saturated rings. The highest BCUT2D eigenvalue weighted by atomic mass is 32.2. The molecule has 1 atom stereocenters. The maximum absolute atomic E-state index is 13.4. The van der Waals surface area contributed by atoms with Gasteiger partial charge in [0.05, 0.1) is 4.90 Å². The summed E-state index contributed by atoms with van der Waals surface area (Å²) in [5, 5.41) is 11.5. The Bertz CT molecular complexity index is 1150. The van der Waals surface area contributed by atoms with E-state index in [2.05, 4.69) is 9.39 Å². The number of aryl methyl sites for hydroxylation is 1. The van der Waals surface area contributed by atoms with Gasteiger partial charge in [0, 0.05) is 11.8 Å². The van der Waals surface area contributed by atoms with Crippen molar-refractivity contribution in [2.75, 3.05) is 0 Å². The number of amidine groups is 2. The molecule has 1 N–H and O–H groups in total. The van der Waals surface area contributed by atoms with Crippen LogP contribution >= 0.6 is 0 Å². The molecule has 0 aromatic heterocycles. The minimum absolute atomic E-state index is 0.0109. The van der Waals surface area contributed by atoms with Crippen molar-refractivity contribution in [1.82, 2.24) is 4.90 Å². The molecule has 0 bridgehead atoms. The summed E-state index contributed by atoms with van der Waals surface area (Å²) >= 11 is 0. The molecule has 2 aliphatic rings. The van der Waals surface area contributed by atoms with E-state index in [-0.39, 0.29) is 16.3 Å². The van der Waals surface area contributed by atoms with Crippen molar-refractivity contribution in [3.05, 3.63) is 89.9 Å². The van der Waals surface area contributed by atoms with E-state index in [0.29, 0.717) is 5.84 Å². The molecule has 0 saturated heterocycles. The van der Waals surface area contributed by atoms with E-state index in [4.69, 9.17) is 0 Å². The second kappa shape index (κ2) is 6.50. The molecular formula is C20H16FN3O3S. The highest BCUT2D eigenvalue weighted by molar-refractivity contribution is 7.90. The summed E-state index contributed by atoms with van der Waals surface area (Å²) in [5.74, 6) is -0.468. The fourth-order valence-electron chi connectivity index (χ4n) is 3.00. The molecule has 0 amide bonds. The lowest BCUT2D eigenvalue weighted by molar-refractivity contribution is 0.0222. The van der Waals surface area contributed by atoms with Crippen LogP contribution in [0.2, 0.25) is 0 Å². The number of benzene rings is 2. The van der Waals surface area contributed by atoms with E-state index in [9.17, 15) is 17.9 Å². The summed E-state index contributed by atoms with van der Waals surface area (Å²) in [5.41, 5.74) is -0.837. The number of allylic oxidation sites excluding steroid dienone is 2. The van der Waals surface area contributed by atoms with E-state index in [0.717, 1.165) is 5.56 Å². The first-order valence-electron chi connectivity index (χ1n) is 8.44. The van der Waals surface area contributed by atoms with E-state index in [1.54, 1.807) is 36.6 Å². The van der Waals surface area contributed by atoms with Crippen LogP contribution in [0.3, 0.4) is 0 Å². The molecule has 6 nitrogen and oxygen atoms in total. The minimum atomic E-state index is -4.12. The van der Waals surface area contributed by atoms with Crippen molar-refractivity contribution in [1.29, 1.82) is 0 Å². The maximum atomic E-state index is 13.4. The van der Waals surface area contributed by atoms with Crippen LogP contribution in [0, 0.1) is 12.7 Å². The van der Waals surface area contributed by atoms with Crippen molar-refractivity contribution in [3.63, 3.8) is 0 Å². The SMILES string of the molecule is Cc1ccc(S(=O)(=O)N=C2N=C3C=CC=CN3C2(O)c2ccc(F)cc2)cc1. The molecule has 0 aliphatic carbocycles. The number of halogens is 1. The topological polar surface area (TPSA) is 82.3 Å². The molecule has 0 spiro atoms. The van der Waals surface area contributed by atoms with Crippen LogP contribution < -0.4 is 0 Å². The highest BCUT2D eigenvalue weighted by Gasteiger charge is 2.48. The van der Waals surface area contributed by atoms with E-state index < -0.39 is 21.6 Å². The molecule has 0 radical (unpaired) electrons. The summed E-state index contributed by atoms with van der Waals surface area (Å²) in [6, 6.07) is 11.3. The van der Waals surface area contributed by atoms with Gasteiger partial charge in [0.2, 0.25) is 11.6 Å². The zero-order chi connectivity index (χ0) is 19.9. The summed E-state index contributed by atoms with van der Waals surface area (Å²) in [4.78, 5) is 5.60. The lowest BCUT2D eigenvalue weighted by Gasteiger charge is -2.33. The summed E-state index contributed by atoms with van der Waals surface area (Å²) < 4.78 is 42.8. The number of hydrogen-bond acceptors (Lipinski definition) is 4. The highest BCUT2D eigenvalue weighted by Crippen LogP contribution is 2.36. The molecule has 2 heterocycles. The quantitative estimate of drug-likeness (QED) is 0.863. The van der Waals surface area contributed by atoms with Gasteiger partial charge in [0.1, 0.15) is 11.7 Å². The molecule has 28 heavy (non-hydrogen) atoms. The second-order valence-corrected chi connectivity index (χ2v) is 8.03. The third kappa shape index (κ3) is 2.96. The van der Waals surface area contributed by atoms with E-state index in [1.807, 2.05) is 6.92 Å². The molecule has 8 heteroatoms. The average molecular weight is 397 g/mol. The van der Waals surface area contributed by atoms with Crippen LogP contribution in [0.25, 0.3) is 0 Å². The Kier molecular flexibility index (Phi) is 4.24. The number of aliphatic imine (C=N–C) groups is 1. The van der Waals surface area contributed by atoms with Gasteiger partial charge in [-0.1, -0.05) is 35.9 Å².